The number of fused-ring (bicyclic) bond motifs is 7. The lowest BCUT2D eigenvalue weighted by Crippen LogP contribution is -2.42. The molecule has 1 aliphatic heterocycles. The van der Waals surface area contributed by atoms with E-state index in [1.165, 1.54) is 98.8 Å². The summed E-state index contributed by atoms with van der Waals surface area (Å²) < 4.78 is 0. The molecule has 4 saturated carbocycles. The van der Waals surface area contributed by atoms with Crippen molar-refractivity contribution >= 4 is 45.9 Å². The van der Waals surface area contributed by atoms with Gasteiger partial charge < -0.3 is 9.80 Å². The van der Waals surface area contributed by atoms with Gasteiger partial charge in [0.2, 0.25) is 0 Å². The summed E-state index contributed by atoms with van der Waals surface area (Å²) in [5.74, 6) is 3.01. The van der Waals surface area contributed by atoms with Gasteiger partial charge in [-0.15, -0.1) is 0 Å². The lowest BCUT2D eigenvalue weighted by Gasteiger charge is -2.49. The number of para-hydroxylation sites is 2. The molecule has 3 heteroatoms. The topological polar surface area (TPSA) is 6.48 Å². The first-order chi connectivity index (χ1) is 28.9. The molecular weight excluding hydrogens is 733 g/mol. The monoisotopic (exact) mass is 780 g/mol. The molecule has 5 unspecified atom stereocenters. The van der Waals surface area contributed by atoms with Gasteiger partial charge in [-0.2, -0.15) is 0 Å². The SMILES string of the molecule is CC1(C)c2ccccc2-c2ccc(N(c3ccc(-c4ccc(C56CC7CC8CC(C5)C8(C7)C6)cc4)cc3)c3ccc(N4c5ccccc5Sc5ccccc54)cc3)cc21. The van der Waals surface area contributed by atoms with Crippen LogP contribution in [-0.2, 0) is 10.8 Å². The van der Waals surface area contributed by atoms with Crippen LogP contribution in [0.15, 0.2) is 174 Å². The maximum Gasteiger partial charge on any atom is 0.0601 e. The van der Waals surface area contributed by atoms with Crippen molar-refractivity contribution in [2.24, 2.45) is 23.2 Å². The van der Waals surface area contributed by atoms with E-state index in [2.05, 4.69) is 187 Å². The third-order valence-electron chi connectivity index (χ3n) is 16.0. The Kier molecular flexibility index (Phi) is 7.15. The summed E-state index contributed by atoms with van der Waals surface area (Å²) in [4.78, 5) is 7.41. The average Bonchev–Trinajstić information content (AvgIpc) is 3.72. The van der Waals surface area contributed by atoms with E-state index in [0.29, 0.717) is 10.8 Å². The molecule has 0 amide bonds. The first-order valence-corrected chi connectivity index (χ1v) is 22.7. The number of benzene rings is 7. The summed E-state index contributed by atoms with van der Waals surface area (Å²) in [6.45, 7) is 4.75. The fraction of sp³-hybridized carbons (Fsp3) is 0.250. The summed E-state index contributed by atoms with van der Waals surface area (Å²) in [5, 5.41) is 0. The molecule has 6 aliphatic rings. The van der Waals surface area contributed by atoms with Crippen molar-refractivity contribution < 1.29 is 0 Å². The molecule has 7 aromatic rings. The van der Waals surface area contributed by atoms with Gasteiger partial charge in [0.1, 0.15) is 0 Å². The molecular formula is C56H48N2S. The van der Waals surface area contributed by atoms with Crippen LogP contribution < -0.4 is 9.80 Å². The van der Waals surface area contributed by atoms with Gasteiger partial charge in [-0.3, -0.25) is 0 Å². The highest BCUT2D eigenvalue weighted by Crippen LogP contribution is 2.79. The van der Waals surface area contributed by atoms with Crippen molar-refractivity contribution in [3.8, 4) is 22.3 Å². The number of hydrogen-bond donors (Lipinski definition) is 0. The molecule has 0 aromatic heterocycles. The Morgan fingerprint density at radius 3 is 1.88 bits per heavy atom. The van der Waals surface area contributed by atoms with Gasteiger partial charge >= 0.3 is 0 Å². The van der Waals surface area contributed by atoms with Crippen LogP contribution in [0.2, 0.25) is 0 Å². The van der Waals surface area contributed by atoms with Gasteiger partial charge in [-0.1, -0.05) is 117 Å². The van der Waals surface area contributed by atoms with Gasteiger partial charge in [-0.25, -0.2) is 0 Å². The summed E-state index contributed by atoms with van der Waals surface area (Å²) in [7, 11) is 0. The Hall–Kier alpha value is -5.51. The highest BCUT2D eigenvalue weighted by molar-refractivity contribution is 7.99. The van der Waals surface area contributed by atoms with E-state index in [1.54, 1.807) is 5.56 Å². The van der Waals surface area contributed by atoms with Gasteiger partial charge in [0.15, 0.2) is 0 Å². The Labute approximate surface area is 352 Å². The maximum atomic E-state index is 2.50. The zero-order chi connectivity index (χ0) is 39.1. The molecule has 4 fully saturated rings. The quantitative estimate of drug-likeness (QED) is 0.166. The third-order valence-corrected chi connectivity index (χ3v) is 17.2. The van der Waals surface area contributed by atoms with E-state index in [1.807, 2.05) is 11.8 Å². The van der Waals surface area contributed by atoms with E-state index in [-0.39, 0.29) is 5.41 Å². The second-order valence-corrected chi connectivity index (χ2v) is 20.4. The summed E-state index contributed by atoms with van der Waals surface area (Å²) in [6, 6.07) is 61.9. The van der Waals surface area contributed by atoms with Crippen LogP contribution in [0.1, 0.15) is 69.1 Å². The molecule has 3 bridgehead atoms. The fourth-order valence-electron chi connectivity index (χ4n) is 13.5. The van der Waals surface area contributed by atoms with Crippen LogP contribution in [0.3, 0.4) is 0 Å². The predicted molar refractivity (Wildman–Crippen MR) is 245 cm³/mol. The highest BCUT2D eigenvalue weighted by atomic mass is 32.2. The van der Waals surface area contributed by atoms with Crippen LogP contribution in [0.25, 0.3) is 22.3 Å². The second-order valence-electron chi connectivity index (χ2n) is 19.3. The minimum Gasteiger partial charge on any atom is -0.310 e. The first kappa shape index (κ1) is 34.4. The molecule has 0 radical (unpaired) electrons. The van der Waals surface area contributed by atoms with Gasteiger partial charge in [0.25, 0.3) is 0 Å². The van der Waals surface area contributed by atoms with Gasteiger partial charge in [-0.05, 0) is 179 Å². The summed E-state index contributed by atoms with van der Waals surface area (Å²) in [5.41, 5.74) is 17.8. The van der Waals surface area contributed by atoms with E-state index >= 15 is 0 Å². The zero-order valence-electron chi connectivity index (χ0n) is 33.9. The number of anilines is 6. The normalized spacial score (nSPS) is 25.7. The molecule has 13 rings (SSSR count). The average molecular weight is 781 g/mol. The standard InChI is InChI=1S/C56H48N2S/c1-54(2)48-10-4-3-9-46(48)47-28-27-45(31-49(47)54)57(43-23-25-44(26-24-43)58-50-11-5-7-13-52(50)59-53-14-8-6-12-51(53)58)42-21-17-38(18-22-42)37-15-19-39(20-16-37)55-32-36-29-40-30-41(34-55)56(40,33-36)35-55/h3-28,31,36,40-41H,29-30,32-35H2,1-2H3. The molecule has 5 atom stereocenters. The van der Waals surface area contributed by atoms with Crippen molar-refractivity contribution in [1.82, 2.24) is 0 Å². The van der Waals surface area contributed by atoms with Crippen molar-refractivity contribution in [3.05, 3.63) is 180 Å². The van der Waals surface area contributed by atoms with Crippen LogP contribution in [0.5, 0.6) is 0 Å². The minimum absolute atomic E-state index is 0.0866. The molecule has 7 aromatic carbocycles. The molecule has 2 nitrogen and oxygen atoms in total. The smallest absolute Gasteiger partial charge is 0.0601 e. The Morgan fingerprint density at radius 1 is 0.542 bits per heavy atom. The van der Waals surface area contributed by atoms with E-state index in [9.17, 15) is 0 Å². The summed E-state index contributed by atoms with van der Waals surface area (Å²) >= 11 is 1.85. The Bertz CT molecular complexity index is 2770. The molecule has 0 saturated heterocycles. The molecule has 288 valence electrons. The molecule has 5 aliphatic carbocycles. The zero-order valence-corrected chi connectivity index (χ0v) is 34.7. The summed E-state index contributed by atoms with van der Waals surface area (Å²) in [6.07, 6.45) is 8.89. The number of nitrogens with zero attached hydrogens (tertiary/aromatic N) is 2. The van der Waals surface area contributed by atoms with E-state index < -0.39 is 0 Å². The predicted octanol–water partition coefficient (Wildman–Crippen LogP) is 15.5. The molecule has 1 heterocycles. The van der Waals surface area contributed by atoms with Crippen LogP contribution in [0.4, 0.5) is 34.1 Å². The molecule has 59 heavy (non-hydrogen) atoms. The van der Waals surface area contributed by atoms with Crippen LogP contribution >= 0.6 is 11.8 Å². The van der Waals surface area contributed by atoms with Gasteiger partial charge in [0, 0.05) is 38.0 Å². The lowest BCUT2D eigenvalue weighted by atomic mass is 9.55. The van der Waals surface area contributed by atoms with Crippen molar-refractivity contribution in [1.29, 1.82) is 0 Å². The first-order valence-electron chi connectivity index (χ1n) is 21.9. The second kappa shape index (κ2) is 12.3. The van der Waals surface area contributed by atoms with E-state index in [4.69, 9.17) is 0 Å². The molecule has 1 spiro atoms. The Balaban J connectivity index is 0.867. The largest absolute Gasteiger partial charge is 0.310 e. The van der Waals surface area contributed by atoms with Crippen molar-refractivity contribution in [2.75, 3.05) is 9.80 Å². The maximum absolute atomic E-state index is 2.50. The fourth-order valence-corrected chi connectivity index (χ4v) is 14.6. The molecule has 0 N–H and O–H groups in total. The third kappa shape index (κ3) is 4.89. The van der Waals surface area contributed by atoms with Crippen LogP contribution in [-0.4, -0.2) is 0 Å². The van der Waals surface area contributed by atoms with Crippen LogP contribution in [0, 0.1) is 23.2 Å². The highest BCUT2D eigenvalue weighted by Gasteiger charge is 2.70. The minimum atomic E-state index is -0.0866. The number of rotatable bonds is 6. The van der Waals surface area contributed by atoms with E-state index in [0.717, 1.165) is 34.8 Å². The van der Waals surface area contributed by atoms with Crippen molar-refractivity contribution in [3.63, 3.8) is 0 Å². The Morgan fingerprint density at radius 2 is 1.15 bits per heavy atom. The van der Waals surface area contributed by atoms with Gasteiger partial charge in [0.05, 0.1) is 11.4 Å². The lowest BCUT2D eigenvalue weighted by molar-refractivity contribution is -0.000160. The number of hydrogen-bond acceptors (Lipinski definition) is 3. The van der Waals surface area contributed by atoms with Crippen molar-refractivity contribution in [2.45, 2.75) is 73.0 Å².